The zero-order valence-electron chi connectivity index (χ0n) is 8.98. The Hall–Kier alpha value is -0.600. The van der Waals surface area contributed by atoms with Crippen molar-refractivity contribution in [3.8, 4) is 0 Å². The molecular formula is C8H14ClF2N3O2S. The van der Waals surface area contributed by atoms with Crippen LogP contribution in [0.25, 0.3) is 0 Å². The summed E-state index contributed by atoms with van der Waals surface area (Å²) in [6.07, 6.45) is 0. The van der Waals surface area contributed by atoms with Gasteiger partial charge < -0.3 is 16.6 Å². The normalized spacial score (nSPS) is 18.6. The fourth-order valence-electron chi connectivity index (χ4n) is 1.11. The van der Waals surface area contributed by atoms with Crippen molar-refractivity contribution in [3.05, 3.63) is 0 Å². The molecule has 2 unspecified atom stereocenters. The average molecular weight is 290 g/mol. The maximum absolute atomic E-state index is 12.6. The number of halogens is 3. The lowest BCUT2D eigenvalue weighted by Gasteiger charge is -2.23. The van der Waals surface area contributed by atoms with E-state index in [4.69, 9.17) is 16.6 Å². The number of hydrogen-bond donors (Lipinski definition) is 4. The Kier molecular flexibility index (Phi) is 6.14. The summed E-state index contributed by atoms with van der Waals surface area (Å²) in [5.74, 6) is -3.32. The topological polar surface area (TPSA) is 102 Å². The molecule has 0 fully saturated rings. The molecule has 0 aromatic heterocycles. The van der Waals surface area contributed by atoms with Gasteiger partial charge in [0.15, 0.2) is 11.9 Å². The standard InChI is InChI=1S/C8H14ClF2N3O2S/c1-3(12)4(2-17)5(6(15)16)14-7(13)8(9,10)11/h3-5,17H,2,12H2,1H3,(H2,13,14)(H,15,16)/t3?,4?,5-/m0/s1. The number of nitrogens with zero attached hydrogens (tertiary/aromatic N) is 1. The molecule has 0 heterocycles. The Balaban J connectivity index is 5.19. The lowest BCUT2D eigenvalue weighted by Crippen LogP contribution is -2.43. The van der Waals surface area contributed by atoms with Gasteiger partial charge in [0.2, 0.25) is 0 Å². The molecular weight excluding hydrogens is 276 g/mol. The van der Waals surface area contributed by atoms with E-state index in [1.54, 1.807) is 0 Å². The molecule has 17 heavy (non-hydrogen) atoms. The van der Waals surface area contributed by atoms with Gasteiger partial charge in [0.1, 0.15) is 0 Å². The molecule has 100 valence electrons. The molecule has 0 aliphatic rings. The van der Waals surface area contributed by atoms with E-state index in [9.17, 15) is 13.6 Å². The van der Waals surface area contributed by atoms with Crippen LogP contribution in [0.2, 0.25) is 0 Å². The maximum Gasteiger partial charge on any atom is 0.378 e. The van der Waals surface area contributed by atoms with Crippen molar-refractivity contribution in [1.82, 2.24) is 0 Å². The van der Waals surface area contributed by atoms with Gasteiger partial charge in [-0.1, -0.05) is 0 Å². The van der Waals surface area contributed by atoms with Crippen LogP contribution in [0.5, 0.6) is 0 Å². The van der Waals surface area contributed by atoms with Crippen LogP contribution in [0.1, 0.15) is 6.92 Å². The molecule has 0 radical (unpaired) electrons. The molecule has 0 saturated carbocycles. The van der Waals surface area contributed by atoms with Crippen LogP contribution in [-0.2, 0) is 4.79 Å². The van der Waals surface area contributed by atoms with Crippen molar-refractivity contribution >= 4 is 36.0 Å². The van der Waals surface area contributed by atoms with Crippen molar-refractivity contribution < 1.29 is 18.7 Å². The van der Waals surface area contributed by atoms with Crippen LogP contribution >= 0.6 is 24.2 Å². The summed E-state index contributed by atoms with van der Waals surface area (Å²) >= 11 is 8.54. The van der Waals surface area contributed by atoms with E-state index in [0.29, 0.717) is 0 Å². The molecule has 0 aromatic carbocycles. The summed E-state index contributed by atoms with van der Waals surface area (Å²) in [5.41, 5.74) is 10.4. The molecule has 0 bridgehead atoms. The fourth-order valence-corrected chi connectivity index (χ4v) is 1.69. The zero-order valence-corrected chi connectivity index (χ0v) is 10.6. The van der Waals surface area contributed by atoms with Gasteiger partial charge in [0, 0.05) is 12.0 Å². The highest BCUT2D eigenvalue weighted by molar-refractivity contribution is 7.80. The highest BCUT2D eigenvalue weighted by Crippen LogP contribution is 2.21. The average Bonchev–Trinajstić information content (AvgIpc) is 2.14. The predicted octanol–water partition coefficient (Wildman–Crippen LogP) is 0.522. The number of carbonyl (C=O) groups is 1. The molecule has 5 nitrogen and oxygen atoms in total. The van der Waals surface area contributed by atoms with Gasteiger partial charge in [-0.05, 0) is 24.3 Å². The molecule has 0 amide bonds. The van der Waals surface area contributed by atoms with Gasteiger partial charge in [-0.3, -0.25) is 4.99 Å². The minimum absolute atomic E-state index is 0.0687. The van der Waals surface area contributed by atoms with Crippen LogP contribution < -0.4 is 11.5 Å². The molecule has 3 atom stereocenters. The van der Waals surface area contributed by atoms with Gasteiger partial charge in [-0.25, -0.2) is 4.79 Å². The Morgan fingerprint density at radius 1 is 1.65 bits per heavy atom. The van der Waals surface area contributed by atoms with E-state index >= 15 is 0 Å². The van der Waals surface area contributed by atoms with E-state index < -0.39 is 35.2 Å². The Bertz CT molecular complexity index is 310. The van der Waals surface area contributed by atoms with Gasteiger partial charge in [0.25, 0.3) is 0 Å². The minimum Gasteiger partial charge on any atom is -0.480 e. The minimum atomic E-state index is -3.88. The van der Waals surface area contributed by atoms with Crippen LogP contribution in [-0.4, -0.2) is 40.1 Å². The molecule has 5 N–H and O–H groups in total. The van der Waals surface area contributed by atoms with E-state index in [2.05, 4.69) is 29.2 Å². The molecule has 0 rings (SSSR count). The van der Waals surface area contributed by atoms with Crippen molar-refractivity contribution in [1.29, 1.82) is 0 Å². The number of carboxylic acids is 1. The summed E-state index contributed by atoms with van der Waals surface area (Å²) in [4.78, 5) is 14.2. The first-order chi connectivity index (χ1) is 7.61. The lowest BCUT2D eigenvalue weighted by atomic mass is 9.95. The Labute approximate surface area is 108 Å². The number of nitrogens with two attached hydrogens (primary N) is 2. The SMILES string of the molecule is CC(N)C(CS)[C@H](N=C(N)C(F)(F)Cl)C(=O)O. The zero-order chi connectivity index (χ0) is 13.8. The van der Waals surface area contributed by atoms with Crippen LogP contribution in [0, 0.1) is 5.92 Å². The lowest BCUT2D eigenvalue weighted by molar-refractivity contribution is -0.139. The number of aliphatic carboxylic acids is 1. The first-order valence-electron chi connectivity index (χ1n) is 4.61. The number of carboxylic acid groups (broad SMARTS) is 1. The van der Waals surface area contributed by atoms with Gasteiger partial charge in [-0.2, -0.15) is 21.4 Å². The van der Waals surface area contributed by atoms with E-state index in [0.717, 1.165) is 0 Å². The largest absolute Gasteiger partial charge is 0.480 e. The summed E-state index contributed by atoms with van der Waals surface area (Å²) in [6, 6.07) is -2.09. The third-order valence-corrected chi connectivity index (χ3v) is 2.73. The first kappa shape index (κ1) is 16.4. The van der Waals surface area contributed by atoms with Gasteiger partial charge in [0.05, 0.1) is 0 Å². The van der Waals surface area contributed by atoms with Gasteiger partial charge in [-0.15, -0.1) is 0 Å². The highest BCUT2D eigenvalue weighted by atomic mass is 35.5. The summed E-state index contributed by atoms with van der Waals surface area (Å²) in [6.45, 7) is 1.53. The van der Waals surface area contributed by atoms with Crippen molar-refractivity contribution in [2.24, 2.45) is 22.4 Å². The maximum atomic E-state index is 12.6. The smallest absolute Gasteiger partial charge is 0.378 e. The van der Waals surface area contributed by atoms with Crippen LogP contribution in [0.15, 0.2) is 4.99 Å². The molecule has 0 aliphatic carbocycles. The van der Waals surface area contributed by atoms with Gasteiger partial charge >= 0.3 is 11.4 Å². The summed E-state index contributed by atoms with van der Waals surface area (Å²) < 4.78 is 25.1. The molecule has 9 heteroatoms. The second-order valence-electron chi connectivity index (χ2n) is 3.50. The first-order valence-corrected chi connectivity index (χ1v) is 5.62. The van der Waals surface area contributed by atoms with Crippen molar-refractivity contribution in [3.63, 3.8) is 0 Å². The molecule has 0 aromatic rings. The number of hydrogen-bond acceptors (Lipinski definition) is 4. The van der Waals surface area contributed by atoms with E-state index in [1.165, 1.54) is 6.92 Å². The van der Waals surface area contributed by atoms with E-state index in [-0.39, 0.29) is 5.75 Å². The Morgan fingerprint density at radius 3 is 2.35 bits per heavy atom. The predicted molar refractivity (Wildman–Crippen MR) is 64.8 cm³/mol. The summed E-state index contributed by atoms with van der Waals surface area (Å²) in [5, 5.41) is 5.02. The third kappa shape index (κ3) is 5.05. The second kappa shape index (κ2) is 6.36. The number of rotatable bonds is 6. The quantitative estimate of drug-likeness (QED) is 0.248. The van der Waals surface area contributed by atoms with E-state index in [1.807, 2.05) is 0 Å². The van der Waals surface area contributed by atoms with Crippen LogP contribution in [0.3, 0.4) is 0 Å². The third-order valence-electron chi connectivity index (χ3n) is 2.11. The number of thiol groups is 1. The molecule has 0 spiro atoms. The monoisotopic (exact) mass is 289 g/mol. The molecule has 0 saturated heterocycles. The van der Waals surface area contributed by atoms with Crippen LogP contribution in [0.4, 0.5) is 8.78 Å². The number of alkyl halides is 3. The van der Waals surface area contributed by atoms with Crippen molar-refractivity contribution in [2.45, 2.75) is 24.4 Å². The summed E-state index contributed by atoms with van der Waals surface area (Å²) in [7, 11) is 0. The fraction of sp³-hybridized carbons (Fsp3) is 0.750. The second-order valence-corrected chi connectivity index (χ2v) is 4.34. The van der Waals surface area contributed by atoms with Crippen molar-refractivity contribution in [2.75, 3.05) is 5.75 Å². The number of aliphatic imine (C=N–C) groups is 1. The molecule has 0 aliphatic heterocycles. The number of amidine groups is 1. The highest BCUT2D eigenvalue weighted by Gasteiger charge is 2.35. The Morgan fingerprint density at radius 2 is 2.12 bits per heavy atom.